The van der Waals surface area contributed by atoms with E-state index in [0.29, 0.717) is 43.9 Å². The number of halogens is 1. The molecule has 1 atom stereocenters. The van der Waals surface area contributed by atoms with E-state index in [1.54, 1.807) is 34.3 Å². The van der Waals surface area contributed by atoms with Crippen LogP contribution in [0.5, 0.6) is 0 Å². The Hall–Kier alpha value is -1.15. The Balaban J connectivity index is 0.00000261. The molecule has 1 aromatic carbocycles. The fourth-order valence-electron chi connectivity index (χ4n) is 3.80. The molecule has 0 radical (unpaired) electrons. The molecule has 2 N–H and O–H groups in total. The molecule has 2 heterocycles. The van der Waals surface area contributed by atoms with Crippen LogP contribution in [-0.2, 0) is 10.0 Å². The molecular weight excluding hydrogens is 386 g/mol. The van der Waals surface area contributed by atoms with Crippen LogP contribution in [0.3, 0.4) is 0 Å². The lowest BCUT2D eigenvalue weighted by molar-refractivity contribution is 0.0776. The Kier molecular flexibility index (Phi) is 6.95. The van der Waals surface area contributed by atoms with Crippen LogP contribution in [0.1, 0.15) is 48.5 Å². The zero-order valence-electron chi connectivity index (χ0n) is 16.1. The highest BCUT2D eigenvalue weighted by atomic mass is 35.5. The first-order valence-corrected chi connectivity index (χ1v) is 10.8. The van der Waals surface area contributed by atoms with E-state index in [1.165, 1.54) is 0 Å². The summed E-state index contributed by atoms with van der Waals surface area (Å²) in [4.78, 5) is 14.9. The van der Waals surface area contributed by atoms with Crippen LogP contribution in [-0.4, -0.2) is 56.3 Å². The molecule has 1 unspecified atom stereocenters. The quantitative estimate of drug-likeness (QED) is 0.818. The van der Waals surface area contributed by atoms with Crippen molar-refractivity contribution in [2.75, 3.05) is 32.7 Å². The zero-order chi connectivity index (χ0) is 18.9. The molecule has 8 heteroatoms. The number of nitrogens with two attached hydrogens (primary N) is 1. The molecule has 2 saturated heterocycles. The molecule has 152 valence electrons. The number of likely N-dealkylation sites (tertiary alicyclic amines) is 1. The molecule has 0 bridgehead atoms. The lowest BCUT2D eigenvalue weighted by atomic mass is 9.90. The highest BCUT2D eigenvalue weighted by Crippen LogP contribution is 2.30. The van der Waals surface area contributed by atoms with Gasteiger partial charge < -0.3 is 10.6 Å². The highest BCUT2D eigenvalue weighted by molar-refractivity contribution is 7.89. The summed E-state index contributed by atoms with van der Waals surface area (Å²) in [5, 5.41) is 0. The van der Waals surface area contributed by atoms with E-state index in [2.05, 4.69) is 6.92 Å². The number of carbonyl (C=O) groups is 1. The van der Waals surface area contributed by atoms with Crippen molar-refractivity contribution in [3.63, 3.8) is 0 Å². The summed E-state index contributed by atoms with van der Waals surface area (Å²) in [6.45, 7) is 6.80. The summed E-state index contributed by atoms with van der Waals surface area (Å²) in [5.41, 5.74) is 6.90. The molecule has 0 aromatic heterocycles. The Morgan fingerprint density at radius 2 is 1.85 bits per heavy atom. The third-order valence-corrected chi connectivity index (χ3v) is 7.75. The van der Waals surface area contributed by atoms with Crippen LogP contribution in [0.15, 0.2) is 23.1 Å². The van der Waals surface area contributed by atoms with Gasteiger partial charge in [-0.3, -0.25) is 4.79 Å². The number of amides is 1. The first-order valence-electron chi connectivity index (χ1n) is 9.37. The monoisotopic (exact) mass is 415 g/mol. The van der Waals surface area contributed by atoms with E-state index in [4.69, 9.17) is 5.73 Å². The predicted octanol–water partition coefficient (Wildman–Crippen LogP) is 2.40. The minimum absolute atomic E-state index is 0. The van der Waals surface area contributed by atoms with Crippen LogP contribution >= 0.6 is 12.4 Å². The molecule has 0 aliphatic carbocycles. The molecular formula is C19H30ClN3O3S. The molecule has 0 saturated carbocycles. The van der Waals surface area contributed by atoms with Gasteiger partial charge in [0.2, 0.25) is 10.0 Å². The Bertz CT molecular complexity index is 793. The number of benzene rings is 1. The second kappa shape index (κ2) is 8.47. The normalized spacial score (nSPS) is 23.9. The number of sulfonamides is 1. The number of piperidine rings is 1. The molecule has 1 amide bonds. The van der Waals surface area contributed by atoms with Crippen LogP contribution in [0.2, 0.25) is 0 Å². The molecule has 27 heavy (non-hydrogen) atoms. The number of carbonyl (C=O) groups excluding carboxylic acids is 1. The number of hydrogen-bond acceptors (Lipinski definition) is 4. The van der Waals surface area contributed by atoms with Gasteiger partial charge >= 0.3 is 0 Å². The Morgan fingerprint density at radius 3 is 2.44 bits per heavy atom. The van der Waals surface area contributed by atoms with Gasteiger partial charge in [-0.25, -0.2) is 8.42 Å². The Morgan fingerprint density at radius 1 is 1.19 bits per heavy atom. The van der Waals surface area contributed by atoms with Crippen molar-refractivity contribution in [1.29, 1.82) is 0 Å². The van der Waals surface area contributed by atoms with E-state index in [-0.39, 0.29) is 28.6 Å². The van der Waals surface area contributed by atoms with Gasteiger partial charge in [0.05, 0.1) is 4.90 Å². The van der Waals surface area contributed by atoms with Crippen molar-refractivity contribution in [3.8, 4) is 0 Å². The SMILES string of the molecule is Cc1ccc(C(=O)N2CCC(C)(CN)C2)cc1S(=O)(=O)N1CCCCC1.Cl. The number of nitrogens with zero attached hydrogens (tertiary/aromatic N) is 2. The van der Waals surface area contributed by atoms with Gasteiger partial charge in [-0.15, -0.1) is 12.4 Å². The summed E-state index contributed by atoms with van der Waals surface area (Å²) in [6, 6.07) is 5.02. The lowest BCUT2D eigenvalue weighted by Crippen LogP contribution is -2.36. The smallest absolute Gasteiger partial charge is 0.253 e. The summed E-state index contributed by atoms with van der Waals surface area (Å²) in [6.07, 6.45) is 3.73. The Labute approximate surface area is 168 Å². The first-order chi connectivity index (χ1) is 12.3. The van der Waals surface area contributed by atoms with Gasteiger partial charge in [0.15, 0.2) is 0 Å². The van der Waals surface area contributed by atoms with Gasteiger partial charge in [-0.1, -0.05) is 19.4 Å². The summed E-state index contributed by atoms with van der Waals surface area (Å²) in [5.74, 6) is -0.114. The zero-order valence-corrected chi connectivity index (χ0v) is 17.7. The van der Waals surface area contributed by atoms with E-state index >= 15 is 0 Å². The second-order valence-corrected chi connectivity index (χ2v) is 9.84. The highest BCUT2D eigenvalue weighted by Gasteiger charge is 2.36. The maximum atomic E-state index is 13.0. The number of aryl methyl sites for hydroxylation is 1. The third-order valence-electron chi connectivity index (χ3n) is 5.71. The second-order valence-electron chi connectivity index (χ2n) is 7.94. The molecule has 2 fully saturated rings. The van der Waals surface area contributed by atoms with Gasteiger partial charge in [0.1, 0.15) is 0 Å². The maximum Gasteiger partial charge on any atom is 0.253 e. The minimum atomic E-state index is -3.56. The van der Waals surface area contributed by atoms with Crippen LogP contribution < -0.4 is 5.73 Å². The lowest BCUT2D eigenvalue weighted by Gasteiger charge is -2.27. The van der Waals surface area contributed by atoms with E-state index in [0.717, 1.165) is 25.7 Å². The maximum absolute atomic E-state index is 13.0. The molecule has 0 spiro atoms. The average molecular weight is 416 g/mol. The number of rotatable bonds is 4. The van der Waals surface area contributed by atoms with E-state index in [9.17, 15) is 13.2 Å². The molecule has 6 nitrogen and oxygen atoms in total. The van der Waals surface area contributed by atoms with Crippen molar-refractivity contribution in [3.05, 3.63) is 29.3 Å². The molecule has 3 rings (SSSR count). The minimum Gasteiger partial charge on any atom is -0.338 e. The fourth-order valence-corrected chi connectivity index (χ4v) is 5.57. The predicted molar refractivity (Wildman–Crippen MR) is 109 cm³/mol. The summed E-state index contributed by atoms with van der Waals surface area (Å²) < 4.78 is 27.6. The number of hydrogen-bond donors (Lipinski definition) is 1. The standard InChI is InChI=1S/C19H29N3O3S.ClH/c1-15-6-7-16(18(23)21-11-8-19(2,13-20)14-21)12-17(15)26(24,25)22-9-4-3-5-10-22;/h6-7,12H,3-5,8-11,13-14,20H2,1-2H3;1H. The van der Waals surface area contributed by atoms with Gasteiger partial charge in [0.25, 0.3) is 5.91 Å². The van der Waals surface area contributed by atoms with Crippen molar-refractivity contribution in [2.45, 2.75) is 44.4 Å². The summed E-state index contributed by atoms with van der Waals surface area (Å²) >= 11 is 0. The van der Waals surface area contributed by atoms with Crippen LogP contribution in [0, 0.1) is 12.3 Å². The fraction of sp³-hybridized carbons (Fsp3) is 0.632. The third kappa shape index (κ3) is 4.47. The first kappa shape index (κ1) is 22.1. The van der Waals surface area contributed by atoms with Crippen molar-refractivity contribution in [1.82, 2.24) is 9.21 Å². The van der Waals surface area contributed by atoms with Gasteiger partial charge in [-0.2, -0.15) is 4.31 Å². The van der Waals surface area contributed by atoms with Crippen molar-refractivity contribution < 1.29 is 13.2 Å². The van der Waals surface area contributed by atoms with Crippen molar-refractivity contribution in [2.24, 2.45) is 11.1 Å². The van der Waals surface area contributed by atoms with E-state index < -0.39 is 10.0 Å². The average Bonchev–Trinajstić information content (AvgIpc) is 3.05. The van der Waals surface area contributed by atoms with Crippen LogP contribution in [0.4, 0.5) is 0 Å². The molecule has 2 aliphatic rings. The molecule has 1 aromatic rings. The van der Waals surface area contributed by atoms with E-state index in [1.807, 2.05) is 0 Å². The van der Waals surface area contributed by atoms with Crippen molar-refractivity contribution >= 4 is 28.3 Å². The van der Waals surface area contributed by atoms with Gasteiger partial charge in [0, 0.05) is 31.7 Å². The largest absolute Gasteiger partial charge is 0.338 e. The topological polar surface area (TPSA) is 83.7 Å². The summed E-state index contributed by atoms with van der Waals surface area (Å²) in [7, 11) is -3.56. The van der Waals surface area contributed by atoms with Gasteiger partial charge in [-0.05, 0) is 55.8 Å². The van der Waals surface area contributed by atoms with Crippen LogP contribution in [0.25, 0.3) is 0 Å². The molecule has 2 aliphatic heterocycles.